The average molecular weight is 762 g/mol. The molecular weight excluding hydrogens is 742 g/mol. The predicted octanol–water partition coefficient (Wildman–Crippen LogP) is 5.22. The van der Waals surface area contributed by atoms with Gasteiger partial charge in [0.2, 0.25) is 0 Å². The minimum absolute atomic E-state index is 0.120. The van der Waals surface area contributed by atoms with Crippen molar-refractivity contribution in [2.24, 2.45) is 10.7 Å². The lowest BCUT2D eigenvalue weighted by Gasteiger charge is -2.17. The van der Waals surface area contributed by atoms with Gasteiger partial charge in [-0.2, -0.15) is 0 Å². The molecular formula is C20H19ClI3N5O. The minimum atomic E-state index is -0.274. The summed E-state index contributed by atoms with van der Waals surface area (Å²) in [6, 6.07) is 11.5. The molecule has 30 heavy (non-hydrogen) atoms. The van der Waals surface area contributed by atoms with Gasteiger partial charge in [-0.25, -0.2) is 4.98 Å². The Hall–Kier alpha value is -0.670. The van der Waals surface area contributed by atoms with Crippen LogP contribution in [-0.2, 0) is 0 Å². The van der Waals surface area contributed by atoms with E-state index < -0.39 is 0 Å². The summed E-state index contributed by atoms with van der Waals surface area (Å²) in [5.74, 6) is 1.25. The number of aliphatic imine (C=N–C) groups is 1. The Bertz CT molecular complexity index is 1050. The number of H-pyrrole nitrogens is 1. The van der Waals surface area contributed by atoms with Crippen LogP contribution in [0.1, 0.15) is 35.1 Å². The number of hydrogen-bond acceptors (Lipinski definition) is 3. The second kappa shape index (κ2) is 11.3. The number of carbonyl (C=O) groups is 1. The van der Waals surface area contributed by atoms with E-state index in [1.54, 1.807) is 0 Å². The smallest absolute Gasteiger partial charge is 0.253 e. The van der Waals surface area contributed by atoms with E-state index in [0.29, 0.717) is 24.4 Å². The first-order chi connectivity index (χ1) is 14.4. The zero-order valence-electron chi connectivity index (χ0n) is 15.8. The van der Waals surface area contributed by atoms with Gasteiger partial charge < -0.3 is 16.0 Å². The molecule has 0 fully saturated rings. The third-order valence-corrected chi connectivity index (χ3v) is 8.33. The molecule has 4 N–H and O–H groups in total. The number of nitrogens with one attached hydrogen (secondary N) is 2. The van der Waals surface area contributed by atoms with E-state index in [9.17, 15) is 4.79 Å². The third-order valence-electron chi connectivity index (χ3n) is 4.38. The van der Waals surface area contributed by atoms with Gasteiger partial charge in [-0.05, 0) is 105 Å². The number of alkyl halides is 1. The van der Waals surface area contributed by atoms with Crippen LogP contribution in [0.4, 0.5) is 0 Å². The summed E-state index contributed by atoms with van der Waals surface area (Å²) >= 11 is 12.4. The standard InChI is InChI=1S/C20H19ClI3N5O/c21-10-17(25)26-7-3-6-16(19-27-14-4-1-2-5-15(14)28-19)29-20(30)12-8-11(22)9-13(23)18(12)24/h1-2,4-5,8-9,16H,3,6-7,10H2,(H2,25,26)(H,27,28)(H,29,30). The van der Waals surface area contributed by atoms with Crippen molar-refractivity contribution in [1.29, 1.82) is 0 Å². The first-order valence-corrected chi connectivity index (χ1v) is 12.9. The van der Waals surface area contributed by atoms with Gasteiger partial charge in [0.25, 0.3) is 5.91 Å². The van der Waals surface area contributed by atoms with E-state index in [2.05, 4.69) is 89.1 Å². The van der Waals surface area contributed by atoms with Gasteiger partial charge in [-0.3, -0.25) is 9.79 Å². The van der Waals surface area contributed by atoms with Crippen LogP contribution >= 0.6 is 79.4 Å². The van der Waals surface area contributed by atoms with Crippen molar-refractivity contribution in [1.82, 2.24) is 15.3 Å². The van der Waals surface area contributed by atoms with Gasteiger partial charge in [-0.15, -0.1) is 11.6 Å². The van der Waals surface area contributed by atoms with E-state index in [0.717, 1.165) is 34.0 Å². The summed E-state index contributed by atoms with van der Waals surface area (Å²) in [5.41, 5.74) is 8.15. The lowest BCUT2D eigenvalue weighted by Crippen LogP contribution is -2.30. The Labute approximate surface area is 220 Å². The lowest BCUT2D eigenvalue weighted by atomic mass is 10.1. The molecule has 1 amide bonds. The Morgan fingerprint density at radius 2 is 2.03 bits per heavy atom. The van der Waals surface area contributed by atoms with Gasteiger partial charge in [0.05, 0.1) is 28.5 Å². The zero-order valence-corrected chi connectivity index (χ0v) is 23.0. The molecule has 158 valence electrons. The lowest BCUT2D eigenvalue weighted by molar-refractivity contribution is 0.0931. The van der Waals surface area contributed by atoms with Gasteiger partial charge in [0.1, 0.15) is 11.7 Å². The van der Waals surface area contributed by atoms with Crippen LogP contribution in [0, 0.1) is 10.7 Å². The van der Waals surface area contributed by atoms with E-state index >= 15 is 0 Å². The monoisotopic (exact) mass is 761 g/mol. The molecule has 3 rings (SSSR count). The molecule has 6 nitrogen and oxygen atoms in total. The van der Waals surface area contributed by atoms with Crippen molar-refractivity contribution in [3.63, 3.8) is 0 Å². The maximum absolute atomic E-state index is 13.1. The summed E-state index contributed by atoms with van der Waals surface area (Å²) in [7, 11) is 0. The fourth-order valence-electron chi connectivity index (χ4n) is 2.93. The van der Waals surface area contributed by atoms with Crippen molar-refractivity contribution in [2.75, 3.05) is 12.4 Å². The summed E-state index contributed by atoms with van der Waals surface area (Å²) in [6.07, 6.45) is 1.41. The molecule has 0 aliphatic carbocycles. The maximum atomic E-state index is 13.1. The maximum Gasteiger partial charge on any atom is 0.253 e. The van der Waals surface area contributed by atoms with Crippen LogP contribution in [0.3, 0.4) is 0 Å². The number of nitrogens with zero attached hydrogens (tertiary/aromatic N) is 2. The first-order valence-electron chi connectivity index (χ1n) is 9.14. The number of amidine groups is 1. The number of amides is 1. The molecule has 0 saturated heterocycles. The van der Waals surface area contributed by atoms with Gasteiger partial charge in [0.15, 0.2) is 0 Å². The van der Waals surface area contributed by atoms with Gasteiger partial charge in [-0.1, -0.05) is 12.1 Å². The number of imidazole rings is 1. The molecule has 2 aromatic carbocycles. The SMILES string of the molecule is NC(CCl)=NCCCC(NC(=O)c1cc(I)cc(I)c1I)c1nc2ccccc2[nH]1. The molecule has 0 spiro atoms. The highest BCUT2D eigenvalue weighted by molar-refractivity contribution is 14.1. The van der Waals surface area contributed by atoms with Crippen LogP contribution in [0.15, 0.2) is 41.4 Å². The third kappa shape index (κ3) is 6.19. The molecule has 10 heteroatoms. The Balaban J connectivity index is 1.84. The number of fused-ring (bicyclic) bond motifs is 1. The van der Waals surface area contributed by atoms with Crippen LogP contribution < -0.4 is 11.1 Å². The molecule has 0 aliphatic rings. The van der Waals surface area contributed by atoms with Crippen LogP contribution in [0.5, 0.6) is 0 Å². The van der Waals surface area contributed by atoms with Gasteiger partial charge in [0, 0.05) is 17.3 Å². The van der Waals surface area contributed by atoms with E-state index in [4.69, 9.17) is 22.3 Å². The largest absolute Gasteiger partial charge is 0.386 e. The Morgan fingerprint density at radius 1 is 1.27 bits per heavy atom. The normalized spacial score (nSPS) is 12.9. The first kappa shape index (κ1) is 24.0. The van der Waals surface area contributed by atoms with Crippen molar-refractivity contribution in [3.8, 4) is 0 Å². The number of hydrogen-bond donors (Lipinski definition) is 3. The van der Waals surface area contributed by atoms with Crippen molar-refractivity contribution in [3.05, 3.63) is 58.5 Å². The minimum Gasteiger partial charge on any atom is -0.386 e. The summed E-state index contributed by atoms with van der Waals surface area (Å²) < 4.78 is 3.01. The van der Waals surface area contributed by atoms with Crippen LogP contribution in [0.25, 0.3) is 11.0 Å². The molecule has 0 radical (unpaired) electrons. The fourth-order valence-corrected chi connectivity index (χ4v) is 5.42. The van der Waals surface area contributed by atoms with Crippen LogP contribution in [-0.4, -0.2) is 34.1 Å². The highest BCUT2D eigenvalue weighted by Gasteiger charge is 2.21. The topological polar surface area (TPSA) is 96.2 Å². The summed E-state index contributed by atoms with van der Waals surface area (Å²) in [6.45, 7) is 0.545. The quantitative estimate of drug-likeness (QED) is 0.0734. The second-order valence-corrected chi connectivity index (χ2v) is 10.3. The molecule has 0 saturated carbocycles. The van der Waals surface area contributed by atoms with E-state index in [-0.39, 0.29) is 17.8 Å². The van der Waals surface area contributed by atoms with Crippen LogP contribution in [0.2, 0.25) is 0 Å². The molecule has 3 aromatic rings. The number of nitrogens with two attached hydrogens (primary N) is 1. The highest BCUT2D eigenvalue weighted by Crippen LogP contribution is 2.25. The number of para-hydroxylation sites is 2. The number of carbonyl (C=O) groups excluding carboxylic acids is 1. The highest BCUT2D eigenvalue weighted by atomic mass is 127. The van der Waals surface area contributed by atoms with Gasteiger partial charge >= 0.3 is 0 Å². The molecule has 1 aromatic heterocycles. The van der Waals surface area contributed by atoms with E-state index in [1.807, 2.05) is 30.3 Å². The van der Waals surface area contributed by atoms with E-state index in [1.165, 1.54) is 0 Å². The average Bonchev–Trinajstić information content (AvgIpc) is 3.16. The molecule has 0 aliphatic heterocycles. The number of benzene rings is 2. The molecule has 1 atom stereocenters. The number of rotatable bonds is 8. The second-order valence-electron chi connectivity index (χ2n) is 6.56. The van der Waals surface area contributed by atoms with Crippen molar-refractivity contribution < 1.29 is 4.79 Å². The summed E-state index contributed by atoms with van der Waals surface area (Å²) in [5, 5.41) is 3.16. The Kier molecular flexibility index (Phi) is 9.01. The molecule has 1 heterocycles. The van der Waals surface area contributed by atoms with Crippen molar-refractivity contribution in [2.45, 2.75) is 18.9 Å². The Morgan fingerprint density at radius 3 is 2.77 bits per heavy atom. The molecule has 1 unspecified atom stereocenters. The molecule has 0 bridgehead atoms. The number of aromatic amines is 1. The fraction of sp³-hybridized carbons (Fsp3) is 0.250. The van der Waals surface area contributed by atoms with Crippen molar-refractivity contribution >= 4 is 102 Å². The number of halogens is 4. The zero-order chi connectivity index (χ0) is 21.7. The predicted molar refractivity (Wildman–Crippen MR) is 147 cm³/mol. The number of aromatic nitrogens is 2. The summed E-state index contributed by atoms with van der Waals surface area (Å²) in [4.78, 5) is 25.4.